The lowest BCUT2D eigenvalue weighted by atomic mass is 10.0. The number of hydrogen-bond donors (Lipinski definition) is 2. The Balaban J connectivity index is 1.39. The van der Waals surface area contributed by atoms with E-state index in [9.17, 15) is 18.0 Å². The zero-order valence-electron chi connectivity index (χ0n) is 20.4. The molecule has 1 aliphatic heterocycles. The molecule has 8 nitrogen and oxygen atoms in total. The molecule has 1 saturated heterocycles. The standard InChI is InChI=1S/C27H24F3N5O3/c1-31-24-15-25(33-16-32-24)38-19-6-7-20-17(13-19)3-2-4-21(20)26(36)34-18-5-8-23(22(14-18)27(28,29)30)35-9-11-37-12-10-35/h2-8,13-16H,9-12H2,1H3,(H,34,36)(H,31,32,33). The third-order valence-corrected chi connectivity index (χ3v) is 6.13. The van der Waals surface area contributed by atoms with E-state index in [1.807, 2.05) is 6.07 Å². The first-order valence-corrected chi connectivity index (χ1v) is 11.9. The Morgan fingerprint density at radius 3 is 2.61 bits per heavy atom. The maximum atomic E-state index is 13.9. The maximum Gasteiger partial charge on any atom is 0.418 e. The smallest absolute Gasteiger partial charge is 0.418 e. The van der Waals surface area contributed by atoms with Gasteiger partial charge in [-0.25, -0.2) is 9.97 Å². The van der Waals surface area contributed by atoms with E-state index < -0.39 is 17.6 Å². The fourth-order valence-corrected chi connectivity index (χ4v) is 4.30. The number of aromatic nitrogens is 2. The molecule has 11 heteroatoms. The monoisotopic (exact) mass is 523 g/mol. The Morgan fingerprint density at radius 2 is 1.84 bits per heavy atom. The molecule has 1 fully saturated rings. The van der Waals surface area contributed by atoms with Crippen molar-refractivity contribution in [2.75, 3.05) is 48.9 Å². The van der Waals surface area contributed by atoms with Gasteiger partial charge in [-0.15, -0.1) is 0 Å². The lowest BCUT2D eigenvalue weighted by Crippen LogP contribution is -2.37. The van der Waals surface area contributed by atoms with Crippen molar-refractivity contribution in [1.29, 1.82) is 0 Å². The number of benzene rings is 3. The molecule has 0 radical (unpaired) electrons. The number of rotatable bonds is 6. The summed E-state index contributed by atoms with van der Waals surface area (Å²) in [6.45, 7) is 1.45. The summed E-state index contributed by atoms with van der Waals surface area (Å²) in [5, 5.41) is 6.87. The molecular weight excluding hydrogens is 499 g/mol. The van der Waals surface area contributed by atoms with Gasteiger partial charge >= 0.3 is 6.18 Å². The summed E-state index contributed by atoms with van der Waals surface area (Å²) in [5.74, 6) is 0.926. The zero-order valence-corrected chi connectivity index (χ0v) is 20.4. The summed E-state index contributed by atoms with van der Waals surface area (Å²) in [6.07, 6.45) is -3.20. The summed E-state index contributed by atoms with van der Waals surface area (Å²) in [5.41, 5.74) is -0.357. The van der Waals surface area contributed by atoms with Crippen molar-refractivity contribution in [3.63, 3.8) is 0 Å². The molecule has 2 heterocycles. The van der Waals surface area contributed by atoms with Crippen molar-refractivity contribution in [2.45, 2.75) is 6.18 Å². The van der Waals surface area contributed by atoms with Crippen LogP contribution in [0.3, 0.4) is 0 Å². The minimum Gasteiger partial charge on any atom is -0.439 e. The Bertz CT molecular complexity index is 1470. The first kappa shape index (κ1) is 25.3. The zero-order chi connectivity index (χ0) is 26.7. The van der Waals surface area contributed by atoms with Crippen molar-refractivity contribution in [3.05, 3.63) is 78.1 Å². The lowest BCUT2D eigenvalue weighted by Gasteiger charge is -2.31. The highest BCUT2D eigenvalue weighted by Gasteiger charge is 2.35. The highest BCUT2D eigenvalue weighted by atomic mass is 19.4. The minimum atomic E-state index is -4.58. The highest BCUT2D eigenvalue weighted by Crippen LogP contribution is 2.39. The number of hydrogen-bond acceptors (Lipinski definition) is 7. The summed E-state index contributed by atoms with van der Waals surface area (Å²) in [6, 6.07) is 15.8. The molecule has 0 aliphatic carbocycles. The van der Waals surface area contributed by atoms with Gasteiger partial charge in [-0.2, -0.15) is 13.2 Å². The molecule has 0 bridgehead atoms. The normalized spacial score (nSPS) is 13.8. The number of nitrogens with zero attached hydrogens (tertiary/aromatic N) is 3. The van der Waals surface area contributed by atoms with Gasteiger partial charge in [-0.1, -0.05) is 12.1 Å². The topological polar surface area (TPSA) is 88.6 Å². The van der Waals surface area contributed by atoms with Crippen LogP contribution in [-0.2, 0) is 10.9 Å². The maximum absolute atomic E-state index is 13.9. The summed E-state index contributed by atoms with van der Waals surface area (Å²) in [7, 11) is 1.73. The molecule has 4 aromatic rings. The van der Waals surface area contributed by atoms with Crippen LogP contribution >= 0.6 is 0 Å². The third kappa shape index (κ3) is 5.47. The average Bonchev–Trinajstić information content (AvgIpc) is 2.92. The molecule has 1 amide bonds. The quantitative estimate of drug-likeness (QED) is 0.342. The second-order valence-corrected chi connectivity index (χ2v) is 8.57. The molecule has 0 saturated carbocycles. The van der Waals surface area contributed by atoms with E-state index >= 15 is 0 Å². The van der Waals surface area contributed by atoms with E-state index in [1.54, 1.807) is 48.3 Å². The SMILES string of the molecule is CNc1cc(Oc2ccc3c(C(=O)Nc4ccc(N5CCOCC5)c(C(F)(F)F)c4)cccc3c2)ncn1. The average molecular weight is 524 g/mol. The van der Waals surface area contributed by atoms with Crippen LogP contribution in [0.5, 0.6) is 11.6 Å². The number of amides is 1. The fourth-order valence-electron chi connectivity index (χ4n) is 4.30. The second-order valence-electron chi connectivity index (χ2n) is 8.57. The molecule has 0 spiro atoms. The Morgan fingerprint density at radius 1 is 1.03 bits per heavy atom. The van der Waals surface area contributed by atoms with Crippen LogP contribution in [0, 0.1) is 0 Å². The van der Waals surface area contributed by atoms with Gasteiger partial charge in [-0.05, 0) is 53.2 Å². The van der Waals surface area contributed by atoms with E-state index in [4.69, 9.17) is 9.47 Å². The predicted molar refractivity (Wildman–Crippen MR) is 138 cm³/mol. The number of anilines is 3. The Kier molecular flexibility index (Phi) is 7.01. The molecule has 2 N–H and O–H groups in total. The van der Waals surface area contributed by atoms with Gasteiger partial charge in [0.05, 0.1) is 18.8 Å². The van der Waals surface area contributed by atoms with Crippen LogP contribution in [-0.4, -0.2) is 49.2 Å². The molecule has 38 heavy (non-hydrogen) atoms. The molecular formula is C27H24F3N5O3. The largest absolute Gasteiger partial charge is 0.439 e. The molecule has 5 rings (SSSR count). The summed E-state index contributed by atoms with van der Waals surface area (Å²) in [4.78, 5) is 22.9. The van der Waals surface area contributed by atoms with Crippen molar-refractivity contribution >= 4 is 33.9 Å². The Labute approximate surface area is 216 Å². The van der Waals surface area contributed by atoms with Crippen molar-refractivity contribution in [2.24, 2.45) is 0 Å². The molecule has 3 aromatic carbocycles. The summed E-state index contributed by atoms with van der Waals surface area (Å²) >= 11 is 0. The van der Waals surface area contributed by atoms with Gasteiger partial charge in [0.2, 0.25) is 5.88 Å². The summed E-state index contributed by atoms with van der Waals surface area (Å²) < 4.78 is 52.8. The van der Waals surface area contributed by atoms with E-state index in [2.05, 4.69) is 20.6 Å². The van der Waals surface area contributed by atoms with Crippen LogP contribution in [0.4, 0.5) is 30.4 Å². The van der Waals surface area contributed by atoms with Crippen LogP contribution in [0.25, 0.3) is 10.8 Å². The number of morpholine rings is 1. The number of carbonyl (C=O) groups is 1. The molecule has 0 atom stereocenters. The number of nitrogens with one attached hydrogen (secondary N) is 2. The van der Waals surface area contributed by atoms with Gasteiger partial charge in [0, 0.05) is 43.1 Å². The van der Waals surface area contributed by atoms with Crippen LogP contribution in [0.1, 0.15) is 15.9 Å². The van der Waals surface area contributed by atoms with Gasteiger partial charge in [0.25, 0.3) is 5.91 Å². The lowest BCUT2D eigenvalue weighted by molar-refractivity contribution is -0.137. The van der Waals surface area contributed by atoms with E-state index in [-0.39, 0.29) is 11.4 Å². The number of fused-ring (bicyclic) bond motifs is 1. The number of ether oxygens (including phenoxy) is 2. The minimum absolute atomic E-state index is 0.0559. The first-order chi connectivity index (χ1) is 18.3. The van der Waals surface area contributed by atoms with Gasteiger partial charge in [0.15, 0.2) is 0 Å². The van der Waals surface area contributed by atoms with Gasteiger partial charge in [-0.3, -0.25) is 4.79 Å². The van der Waals surface area contributed by atoms with Crippen molar-refractivity contribution < 1.29 is 27.4 Å². The van der Waals surface area contributed by atoms with E-state index in [1.165, 1.54) is 18.5 Å². The molecule has 1 aliphatic rings. The fraction of sp³-hybridized carbons (Fsp3) is 0.222. The third-order valence-electron chi connectivity index (χ3n) is 6.13. The molecule has 1 aromatic heterocycles. The van der Waals surface area contributed by atoms with Crippen LogP contribution in [0.2, 0.25) is 0 Å². The highest BCUT2D eigenvalue weighted by molar-refractivity contribution is 6.13. The number of alkyl halides is 3. The van der Waals surface area contributed by atoms with Crippen LogP contribution < -0.4 is 20.3 Å². The van der Waals surface area contributed by atoms with E-state index in [0.717, 1.165) is 11.5 Å². The number of halogens is 3. The van der Waals surface area contributed by atoms with Gasteiger partial charge < -0.3 is 25.0 Å². The van der Waals surface area contributed by atoms with Crippen molar-refractivity contribution in [1.82, 2.24) is 9.97 Å². The van der Waals surface area contributed by atoms with Crippen molar-refractivity contribution in [3.8, 4) is 11.6 Å². The second kappa shape index (κ2) is 10.5. The predicted octanol–water partition coefficient (Wildman–Crippen LogP) is 5.57. The number of carbonyl (C=O) groups excluding carboxylic acids is 1. The van der Waals surface area contributed by atoms with Crippen LogP contribution in [0.15, 0.2) is 67.0 Å². The van der Waals surface area contributed by atoms with E-state index in [0.29, 0.717) is 54.7 Å². The van der Waals surface area contributed by atoms with Gasteiger partial charge in [0.1, 0.15) is 17.9 Å². The molecule has 196 valence electrons. The Hall–Kier alpha value is -4.38. The first-order valence-electron chi connectivity index (χ1n) is 11.9. The molecule has 0 unspecified atom stereocenters.